The number of hydrogen-bond donors (Lipinski definition) is 2. The molecule has 0 aromatic heterocycles. The first-order valence-electron chi connectivity index (χ1n) is 11.1. The van der Waals surface area contributed by atoms with Crippen molar-refractivity contribution in [1.29, 1.82) is 0 Å². The van der Waals surface area contributed by atoms with Crippen molar-refractivity contribution < 1.29 is 29.1 Å². The average Bonchev–Trinajstić information content (AvgIpc) is 2.92. The second-order valence-corrected chi connectivity index (χ2v) is 7.94. The molecule has 1 unspecified atom stereocenters. The number of ketones is 1. The molecular formula is C27H26N4O5. The monoisotopic (exact) mass is 486 g/mol. The third-order valence-corrected chi connectivity index (χ3v) is 5.80. The van der Waals surface area contributed by atoms with Crippen LogP contribution in [0, 0.1) is 0 Å². The van der Waals surface area contributed by atoms with E-state index in [9.17, 15) is 25.0 Å². The standard InChI is InChI=1S/C27H26N4O5/c1-31(36-2)26(35)24(30-28)25(34)22(18-23(32)33)29-27(19-12-6-3-7-13-19,20-14-8-4-9-15-20)21-16-10-5-11-17-21/h3-17,22,29H,18H2,1-2H3,(H,32,33). The molecule has 1 atom stereocenters. The molecule has 3 rings (SSSR count). The maximum Gasteiger partial charge on any atom is 0.425 e. The van der Waals surface area contributed by atoms with Crippen LogP contribution in [0.3, 0.4) is 0 Å². The van der Waals surface area contributed by atoms with Gasteiger partial charge in [0.25, 0.3) is 5.78 Å². The van der Waals surface area contributed by atoms with E-state index >= 15 is 0 Å². The molecule has 9 nitrogen and oxygen atoms in total. The van der Waals surface area contributed by atoms with Crippen LogP contribution in [0.15, 0.2) is 91.0 Å². The van der Waals surface area contributed by atoms with Gasteiger partial charge in [0.2, 0.25) is 0 Å². The van der Waals surface area contributed by atoms with Crippen molar-refractivity contribution in [3.63, 3.8) is 0 Å². The van der Waals surface area contributed by atoms with Crippen LogP contribution in [0.25, 0.3) is 5.53 Å². The van der Waals surface area contributed by atoms with Crippen LogP contribution in [0.1, 0.15) is 23.1 Å². The van der Waals surface area contributed by atoms with Crippen molar-refractivity contribution in [2.45, 2.75) is 18.0 Å². The molecule has 0 saturated carbocycles. The summed E-state index contributed by atoms with van der Waals surface area (Å²) in [7, 11) is 2.44. The Morgan fingerprint density at radius 3 is 1.67 bits per heavy atom. The van der Waals surface area contributed by atoms with Crippen molar-refractivity contribution in [3.05, 3.63) is 113 Å². The van der Waals surface area contributed by atoms with E-state index in [1.807, 2.05) is 91.0 Å². The number of hydroxylamine groups is 2. The van der Waals surface area contributed by atoms with Crippen LogP contribution in [0.5, 0.6) is 0 Å². The Kier molecular flexibility index (Phi) is 8.59. The Labute approximate surface area is 208 Å². The number of amides is 1. The summed E-state index contributed by atoms with van der Waals surface area (Å²) in [6.45, 7) is 0. The lowest BCUT2D eigenvalue weighted by Crippen LogP contribution is -2.56. The molecule has 0 aliphatic carbocycles. The maximum absolute atomic E-state index is 13.5. The van der Waals surface area contributed by atoms with Gasteiger partial charge in [0, 0.05) is 7.05 Å². The second kappa shape index (κ2) is 11.8. The fourth-order valence-electron chi connectivity index (χ4n) is 4.05. The molecule has 0 bridgehead atoms. The largest absolute Gasteiger partial charge is 0.481 e. The van der Waals surface area contributed by atoms with E-state index in [4.69, 9.17) is 4.84 Å². The summed E-state index contributed by atoms with van der Waals surface area (Å²) in [6, 6.07) is 26.3. The van der Waals surface area contributed by atoms with E-state index in [2.05, 4.69) is 10.1 Å². The second-order valence-electron chi connectivity index (χ2n) is 7.94. The Morgan fingerprint density at radius 1 is 0.917 bits per heavy atom. The van der Waals surface area contributed by atoms with E-state index in [1.54, 1.807) is 0 Å². The number of benzene rings is 3. The summed E-state index contributed by atoms with van der Waals surface area (Å²) in [5.41, 5.74) is 9.66. The zero-order valence-electron chi connectivity index (χ0n) is 19.9. The van der Waals surface area contributed by atoms with E-state index < -0.39 is 41.4 Å². The summed E-state index contributed by atoms with van der Waals surface area (Å²) in [5, 5.41) is 13.6. The van der Waals surface area contributed by atoms with E-state index in [0.29, 0.717) is 5.06 Å². The highest BCUT2D eigenvalue weighted by Gasteiger charge is 2.45. The zero-order chi connectivity index (χ0) is 26.1. The fourth-order valence-corrected chi connectivity index (χ4v) is 4.05. The molecule has 0 heterocycles. The maximum atomic E-state index is 13.5. The molecule has 0 fully saturated rings. The van der Waals surface area contributed by atoms with Crippen molar-refractivity contribution in [2.75, 3.05) is 14.2 Å². The van der Waals surface area contributed by atoms with Crippen LogP contribution in [-0.4, -0.2) is 58.5 Å². The summed E-state index contributed by atoms with van der Waals surface area (Å²) in [6.07, 6.45) is -0.684. The van der Waals surface area contributed by atoms with Crippen molar-refractivity contribution in [1.82, 2.24) is 10.4 Å². The van der Waals surface area contributed by atoms with Gasteiger partial charge in [-0.15, -0.1) is 0 Å². The number of carbonyl (C=O) groups excluding carboxylic acids is 2. The number of nitrogens with zero attached hydrogens (tertiary/aromatic N) is 3. The summed E-state index contributed by atoms with van der Waals surface area (Å²) in [5.74, 6) is -3.30. The van der Waals surface area contributed by atoms with Gasteiger partial charge in [-0.3, -0.25) is 24.5 Å². The molecule has 0 saturated heterocycles. The number of Topliss-reactive ketones (excluding diaryl/α,β-unsaturated/α-hetero) is 1. The Bertz CT molecular complexity index is 1160. The van der Waals surface area contributed by atoms with Crippen LogP contribution in [-0.2, 0) is 24.8 Å². The lowest BCUT2D eigenvalue weighted by molar-refractivity contribution is -0.165. The van der Waals surface area contributed by atoms with Crippen molar-refractivity contribution >= 4 is 23.4 Å². The van der Waals surface area contributed by atoms with E-state index in [-0.39, 0.29) is 0 Å². The number of carboxylic acid groups (broad SMARTS) is 1. The molecule has 3 aromatic carbocycles. The zero-order valence-corrected chi connectivity index (χ0v) is 19.9. The van der Waals surface area contributed by atoms with Crippen LogP contribution in [0.2, 0.25) is 0 Å². The van der Waals surface area contributed by atoms with Gasteiger partial charge in [-0.2, -0.15) is 4.79 Å². The van der Waals surface area contributed by atoms with Gasteiger partial charge in [-0.1, -0.05) is 91.0 Å². The smallest absolute Gasteiger partial charge is 0.425 e. The van der Waals surface area contributed by atoms with Crippen LogP contribution in [0.4, 0.5) is 0 Å². The average molecular weight is 487 g/mol. The summed E-state index contributed by atoms with van der Waals surface area (Å²) < 4.78 is 0. The first kappa shape index (κ1) is 26.2. The topological polar surface area (TPSA) is 132 Å². The SMILES string of the molecule is CON(C)C(=O)C(=[N+]=[N-])C(=O)C(CC(=O)O)NC(c1ccccc1)(c1ccccc1)c1ccccc1. The molecule has 0 aliphatic heterocycles. The van der Waals surface area contributed by atoms with Gasteiger partial charge < -0.3 is 10.6 Å². The molecule has 3 aromatic rings. The summed E-state index contributed by atoms with van der Waals surface area (Å²) >= 11 is 0. The van der Waals surface area contributed by atoms with Gasteiger partial charge in [-0.05, 0) is 16.7 Å². The van der Waals surface area contributed by atoms with Crippen molar-refractivity contribution in [2.24, 2.45) is 0 Å². The molecule has 36 heavy (non-hydrogen) atoms. The van der Waals surface area contributed by atoms with Crippen molar-refractivity contribution in [3.8, 4) is 0 Å². The quantitative estimate of drug-likeness (QED) is 0.107. The predicted molar refractivity (Wildman–Crippen MR) is 132 cm³/mol. The third-order valence-electron chi connectivity index (χ3n) is 5.80. The highest BCUT2D eigenvalue weighted by atomic mass is 16.7. The Balaban J connectivity index is 2.26. The van der Waals surface area contributed by atoms with Crippen LogP contribution >= 0.6 is 0 Å². The Hall–Kier alpha value is -4.43. The van der Waals surface area contributed by atoms with Gasteiger partial charge in [0.05, 0.1) is 25.1 Å². The minimum absolute atomic E-state index is 0.684. The highest BCUT2D eigenvalue weighted by molar-refractivity contribution is 6.64. The molecular weight excluding hydrogens is 460 g/mol. The van der Waals surface area contributed by atoms with E-state index in [1.165, 1.54) is 14.2 Å². The minimum atomic E-state index is -1.46. The molecule has 1 amide bonds. The number of nitrogens with one attached hydrogen (secondary N) is 1. The molecule has 2 N–H and O–H groups in total. The number of carboxylic acids is 1. The molecule has 0 radical (unpaired) electrons. The normalized spacial score (nSPS) is 11.7. The van der Waals surface area contributed by atoms with E-state index in [0.717, 1.165) is 16.7 Å². The first-order valence-corrected chi connectivity index (χ1v) is 11.1. The third kappa shape index (κ3) is 5.45. The van der Waals surface area contributed by atoms with Gasteiger partial charge >= 0.3 is 17.6 Å². The highest BCUT2D eigenvalue weighted by Crippen LogP contribution is 2.37. The number of aliphatic carboxylic acids is 1. The van der Waals surface area contributed by atoms with Gasteiger partial charge in [0.1, 0.15) is 0 Å². The summed E-state index contributed by atoms with van der Waals surface area (Å²) in [4.78, 5) is 45.7. The Morgan fingerprint density at radius 2 is 1.33 bits per heavy atom. The number of carbonyl (C=O) groups is 3. The van der Waals surface area contributed by atoms with Gasteiger partial charge in [0.15, 0.2) is 0 Å². The number of hydrogen-bond acceptors (Lipinski definition) is 5. The number of rotatable bonds is 11. The van der Waals surface area contributed by atoms with Crippen LogP contribution < -0.4 is 5.32 Å². The minimum Gasteiger partial charge on any atom is -0.481 e. The lowest BCUT2D eigenvalue weighted by atomic mass is 9.76. The molecule has 0 aliphatic rings. The molecule has 0 spiro atoms. The molecule has 9 heteroatoms. The first-order chi connectivity index (χ1) is 17.3. The van der Waals surface area contributed by atoms with Gasteiger partial charge in [-0.25, -0.2) is 5.06 Å². The fraction of sp³-hybridized carbons (Fsp3) is 0.185. The lowest BCUT2D eigenvalue weighted by Gasteiger charge is -2.39. The molecule has 184 valence electrons. The predicted octanol–water partition coefficient (Wildman–Crippen LogP) is 2.67.